The van der Waals surface area contributed by atoms with Crippen molar-refractivity contribution in [1.29, 1.82) is 0 Å². The monoisotopic (exact) mass is 210 g/mol. The molecule has 5 heteroatoms. The number of rotatable bonds is 5. The molecule has 0 aliphatic carbocycles. The molecule has 1 aromatic heterocycles. The molecule has 0 unspecified atom stereocenters. The summed E-state index contributed by atoms with van der Waals surface area (Å²) in [5.74, 6) is 0.482. The highest BCUT2D eigenvalue weighted by Gasteiger charge is 2.07. The molecule has 1 rings (SSSR count). The summed E-state index contributed by atoms with van der Waals surface area (Å²) < 4.78 is 10.1. The smallest absolute Gasteiger partial charge is 0.215 e. The third kappa shape index (κ3) is 3.21. The minimum absolute atomic E-state index is 0.108. The fourth-order valence-corrected chi connectivity index (χ4v) is 1.06. The first-order valence-corrected chi connectivity index (χ1v) is 4.54. The Kier molecular flexibility index (Phi) is 4.05. The maximum absolute atomic E-state index is 11.1. The van der Waals surface area contributed by atoms with Crippen LogP contribution in [0.1, 0.15) is 17.3 Å². The second-order valence-corrected chi connectivity index (χ2v) is 2.98. The fraction of sp³-hybridized carbons (Fsp3) is 0.400. The second-order valence-electron chi connectivity index (χ2n) is 2.98. The molecular formula is C10H14N2O3. The number of pyridine rings is 1. The molecule has 1 heterocycles. The van der Waals surface area contributed by atoms with E-state index in [2.05, 4.69) is 4.98 Å². The van der Waals surface area contributed by atoms with Crippen molar-refractivity contribution in [3.05, 3.63) is 17.7 Å². The third-order valence-electron chi connectivity index (χ3n) is 1.82. The number of ketones is 1. The van der Waals surface area contributed by atoms with Crippen molar-refractivity contribution in [3.8, 4) is 5.88 Å². The van der Waals surface area contributed by atoms with Gasteiger partial charge >= 0.3 is 0 Å². The number of methoxy groups -OCH3 is 1. The van der Waals surface area contributed by atoms with E-state index in [1.165, 1.54) is 6.92 Å². The van der Waals surface area contributed by atoms with Gasteiger partial charge in [0.1, 0.15) is 12.4 Å². The summed E-state index contributed by atoms with van der Waals surface area (Å²) in [5, 5.41) is 0. The molecule has 82 valence electrons. The van der Waals surface area contributed by atoms with E-state index in [1.54, 1.807) is 19.2 Å². The number of nitrogens with zero attached hydrogens (tertiary/aromatic N) is 1. The van der Waals surface area contributed by atoms with Crippen molar-refractivity contribution in [2.24, 2.45) is 0 Å². The highest BCUT2D eigenvalue weighted by molar-refractivity contribution is 5.98. The van der Waals surface area contributed by atoms with Gasteiger partial charge in [-0.05, 0) is 13.0 Å². The second kappa shape index (κ2) is 5.31. The summed E-state index contributed by atoms with van der Waals surface area (Å²) in [6.07, 6.45) is 0. The van der Waals surface area contributed by atoms with Crippen LogP contribution in [0.3, 0.4) is 0 Å². The molecule has 0 bridgehead atoms. The Morgan fingerprint density at radius 2 is 2.20 bits per heavy atom. The first-order chi connectivity index (χ1) is 7.15. The number of hydrogen-bond acceptors (Lipinski definition) is 5. The molecule has 0 saturated carbocycles. The SMILES string of the molecule is COCCOc1ccc(C(C)=O)c(N)n1. The number of aromatic nitrogens is 1. The van der Waals surface area contributed by atoms with Crippen LogP contribution in [0.2, 0.25) is 0 Å². The Labute approximate surface area is 88.2 Å². The van der Waals surface area contributed by atoms with Gasteiger partial charge in [0, 0.05) is 13.2 Å². The summed E-state index contributed by atoms with van der Waals surface area (Å²) >= 11 is 0. The Morgan fingerprint density at radius 1 is 1.47 bits per heavy atom. The molecular weight excluding hydrogens is 196 g/mol. The normalized spacial score (nSPS) is 10.0. The predicted molar refractivity (Wildman–Crippen MR) is 56.0 cm³/mol. The zero-order valence-electron chi connectivity index (χ0n) is 8.82. The van der Waals surface area contributed by atoms with Gasteiger partial charge in [-0.1, -0.05) is 0 Å². The summed E-state index contributed by atoms with van der Waals surface area (Å²) in [4.78, 5) is 15.0. The van der Waals surface area contributed by atoms with Gasteiger partial charge in [-0.15, -0.1) is 0 Å². The molecule has 5 nitrogen and oxygen atoms in total. The number of carbonyl (C=O) groups excluding carboxylic acids is 1. The number of Topliss-reactive ketones (excluding diaryl/α,β-unsaturated/α-hetero) is 1. The summed E-state index contributed by atoms with van der Waals surface area (Å²) in [5.41, 5.74) is 5.99. The molecule has 0 radical (unpaired) electrons. The predicted octanol–water partition coefficient (Wildman–Crippen LogP) is 0.892. The van der Waals surface area contributed by atoms with E-state index in [0.717, 1.165) is 0 Å². The average molecular weight is 210 g/mol. The zero-order valence-corrected chi connectivity index (χ0v) is 8.82. The van der Waals surface area contributed by atoms with Gasteiger partial charge in [0.05, 0.1) is 12.2 Å². The Balaban J connectivity index is 2.69. The summed E-state index contributed by atoms with van der Waals surface area (Å²) in [6, 6.07) is 3.22. The van der Waals surface area contributed by atoms with Crippen LogP contribution in [-0.2, 0) is 4.74 Å². The zero-order chi connectivity index (χ0) is 11.3. The number of nitrogen functional groups attached to an aromatic ring is 1. The maximum Gasteiger partial charge on any atom is 0.215 e. The molecule has 0 aromatic carbocycles. The van der Waals surface area contributed by atoms with E-state index in [4.69, 9.17) is 15.2 Å². The van der Waals surface area contributed by atoms with Crippen molar-refractivity contribution in [2.75, 3.05) is 26.1 Å². The number of hydrogen-bond donors (Lipinski definition) is 1. The number of ether oxygens (including phenoxy) is 2. The quantitative estimate of drug-likeness (QED) is 0.577. The van der Waals surface area contributed by atoms with Gasteiger partial charge in [-0.2, -0.15) is 4.98 Å². The van der Waals surface area contributed by atoms with Crippen LogP contribution < -0.4 is 10.5 Å². The molecule has 0 atom stereocenters. The molecule has 1 aromatic rings. The van der Waals surface area contributed by atoms with Crippen LogP contribution in [0, 0.1) is 0 Å². The highest BCUT2D eigenvalue weighted by Crippen LogP contribution is 2.15. The van der Waals surface area contributed by atoms with Crippen LogP contribution in [0.15, 0.2) is 12.1 Å². The van der Waals surface area contributed by atoms with Crippen molar-refractivity contribution in [2.45, 2.75) is 6.92 Å². The van der Waals surface area contributed by atoms with E-state index < -0.39 is 0 Å². The van der Waals surface area contributed by atoms with E-state index >= 15 is 0 Å². The minimum Gasteiger partial charge on any atom is -0.475 e. The van der Waals surface area contributed by atoms with Crippen LogP contribution in [-0.4, -0.2) is 31.1 Å². The Morgan fingerprint density at radius 3 is 2.73 bits per heavy atom. The van der Waals surface area contributed by atoms with Crippen LogP contribution in [0.5, 0.6) is 5.88 Å². The van der Waals surface area contributed by atoms with Gasteiger partial charge in [-0.25, -0.2) is 0 Å². The Hall–Kier alpha value is -1.62. The summed E-state index contributed by atoms with van der Waals surface area (Å²) in [7, 11) is 1.59. The standard InChI is InChI=1S/C10H14N2O3/c1-7(13)8-3-4-9(12-10(8)11)15-6-5-14-2/h3-4H,5-6H2,1-2H3,(H2,11,12). The lowest BCUT2D eigenvalue weighted by Gasteiger charge is -2.06. The van der Waals surface area contributed by atoms with Gasteiger partial charge in [0.25, 0.3) is 0 Å². The van der Waals surface area contributed by atoms with Crippen molar-refractivity contribution in [1.82, 2.24) is 4.98 Å². The van der Waals surface area contributed by atoms with Crippen LogP contribution in [0.4, 0.5) is 5.82 Å². The molecule has 0 saturated heterocycles. The maximum atomic E-state index is 11.1. The first-order valence-electron chi connectivity index (χ1n) is 4.54. The largest absolute Gasteiger partial charge is 0.475 e. The molecule has 0 fully saturated rings. The molecule has 0 aliphatic heterocycles. The first kappa shape index (κ1) is 11.5. The van der Waals surface area contributed by atoms with Gasteiger partial charge in [0.2, 0.25) is 5.88 Å². The number of anilines is 1. The number of carbonyl (C=O) groups is 1. The molecule has 0 spiro atoms. The molecule has 0 aliphatic rings. The van der Waals surface area contributed by atoms with Crippen molar-refractivity contribution < 1.29 is 14.3 Å². The third-order valence-corrected chi connectivity index (χ3v) is 1.82. The lowest BCUT2D eigenvalue weighted by Crippen LogP contribution is -2.08. The van der Waals surface area contributed by atoms with E-state index in [0.29, 0.717) is 24.7 Å². The molecule has 15 heavy (non-hydrogen) atoms. The Bertz CT molecular complexity index is 353. The van der Waals surface area contributed by atoms with Gasteiger partial charge in [0.15, 0.2) is 5.78 Å². The van der Waals surface area contributed by atoms with Crippen molar-refractivity contribution >= 4 is 11.6 Å². The number of nitrogens with two attached hydrogens (primary N) is 1. The van der Waals surface area contributed by atoms with Crippen LogP contribution in [0.25, 0.3) is 0 Å². The van der Waals surface area contributed by atoms with E-state index in [-0.39, 0.29) is 11.6 Å². The van der Waals surface area contributed by atoms with E-state index in [9.17, 15) is 4.79 Å². The average Bonchev–Trinajstić information content (AvgIpc) is 2.17. The highest BCUT2D eigenvalue weighted by atomic mass is 16.5. The summed E-state index contributed by atoms with van der Waals surface area (Å²) in [6.45, 7) is 2.33. The fourth-order valence-electron chi connectivity index (χ4n) is 1.06. The lowest BCUT2D eigenvalue weighted by atomic mass is 10.2. The van der Waals surface area contributed by atoms with Gasteiger partial charge in [-0.3, -0.25) is 4.79 Å². The molecule has 2 N–H and O–H groups in total. The topological polar surface area (TPSA) is 74.4 Å². The van der Waals surface area contributed by atoms with Gasteiger partial charge < -0.3 is 15.2 Å². The van der Waals surface area contributed by atoms with Crippen LogP contribution >= 0.6 is 0 Å². The van der Waals surface area contributed by atoms with Crippen molar-refractivity contribution in [3.63, 3.8) is 0 Å². The minimum atomic E-state index is -0.108. The molecule has 0 amide bonds. The lowest BCUT2D eigenvalue weighted by molar-refractivity contribution is 0.101. The van der Waals surface area contributed by atoms with E-state index in [1.807, 2.05) is 0 Å².